The van der Waals surface area contributed by atoms with Crippen molar-refractivity contribution < 1.29 is 19.2 Å². The Morgan fingerprint density at radius 1 is 0.816 bits per heavy atom. The Morgan fingerprint density at radius 2 is 1.55 bits per heavy atom. The van der Waals surface area contributed by atoms with E-state index in [0.29, 0.717) is 25.8 Å². The third-order valence-corrected chi connectivity index (χ3v) is 7.62. The number of nitrogens with zero attached hydrogens (tertiary/aromatic N) is 1. The average Bonchev–Trinajstić information content (AvgIpc) is 3.25. The molecule has 0 saturated carbocycles. The van der Waals surface area contributed by atoms with Crippen LogP contribution in [0.4, 0.5) is 4.79 Å². The lowest BCUT2D eigenvalue weighted by atomic mass is 10.00. The third kappa shape index (κ3) is 7.65. The number of ketones is 1. The van der Waals surface area contributed by atoms with E-state index in [9.17, 15) is 19.2 Å². The third-order valence-electron chi connectivity index (χ3n) is 6.64. The molecule has 0 aromatic heterocycles. The van der Waals surface area contributed by atoms with Crippen LogP contribution in [-0.2, 0) is 22.6 Å². The van der Waals surface area contributed by atoms with Crippen LogP contribution < -0.4 is 5.32 Å². The van der Waals surface area contributed by atoms with Gasteiger partial charge in [-0.1, -0.05) is 91.0 Å². The Morgan fingerprint density at radius 3 is 2.26 bits per heavy atom. The van der Waals surface area contributed by atoms with Gasteiger partial charge in [0.15, 0.2) is 5.78 Å². The number of thioether (sulfide) groups is 1. The Labute approximate surface area is 227 Å². The molecule has 7 heteroatoms. The highest BCUT2D eigenvalue weighted by molar-refractivity contribution is 8.15. The second-order valence-electron chi connectivity index (χ2n) is 9.58. The van der Waals surface area contributed by atoms with Gasteiger partial charge in [-0.3, -0.25) is 24.5 Å². The molecule has 1 fully saturated rings. The van der Waals surface area contributed by atoms with Crippen molar-refractivity contribution in [2.24, 2.45) is 0 Å². The van der Waals surface area contributed by atoms with Crippen LogP contribution in [0.1, 0.15) is 53.6 Å². The number of hydrogen-bond acceptors (Lipinski definition) is 5. The predicted octanol–water partition coefficient (Wildman–Crippen LogP) is 6.04. The summed E-state index contributed by atoms with van der Waals surface area (Å²) in [6, 6.07) is 25.5. The number of amides is 3. The zero-order valence-corrected chi connectivity index (χ0v) is 22.3. The molecule has 1 heterocycles. The molecule has 3 aromatic rings. The summed E-state index contributed by atoms with van der Waals surface area (Å²) in [5, 5.41) is 1.67. The van der Waals surface area contributed by atoms with Crippen LogP contribution in [0.15, 0.2) is 78.9 Å². The minimum absolute atomic E-state index is 0.0986. The maximum atomic E-state index is 12.7. The van der Waals surface area contributed by atoms with E-state index < -0.39 is 0 Å². The van der Waals surface area contributed by atoms with Crippen LogP contribution in [0, 0.1) is 0 Å². The number of Topliss-reactive ketones (excluding diaryl/α,β-unsaturated/α-hetero) is 1. The topological polar surface area (TPSA) is 83.6 Å². The zero-order chi connectivity index (χ0) is 26.9. The van der Waals surface area contributed by atoms with Gasteiger partial charge in [-0.15, -0.1) is 0 Å². The quantitative estimate of drug-likeness (QED) is 0.229. The van der Waals surface area contributed by atoms with E-state index in [1.807, 2.05) is 79.8 Å². The van der Waals surface area contributed by atoms with Crippen molar-refractivity contribution in [3.05, 3.63) is 95.6 Å². The van der Waals surface area contributed by atoms with Crippen molar-refractivity contribution >= 4 is 34.6 Å². The lowest BCUT2D eigenvalue weighted by Crippen LogP contribution is -2.25. The molecule has 0 radical (unpaired) electrons. The second kappa shape index (κ2) is 13.2. The van der Waals surface area contributed by atoms with Gasteiger partial charge in [-0.05, 0) is 47.6 Å². The Balaban J connectivity index is 1.22. The highest BCUT2D eigenvalue weighted by Crippen LogP contribution is 2.26. The Hall–Kier alpha value is -3.71. The SMILES string of the molecule is CN(Cc1cccc(-c2ccc(CC3SC(=O)NC3=O)cc2)c1)C(=O)CCCCCC(=O)c1ccccc1. The Kier molecular flexibility index (Phi) is 9.49. The summed E-state index contributed by atoms with van der Waals surface area (Å²) in [4.78, 5) is 49.8. The number of carbonyl (C=O) groups excluding carboxylic acids is 4. The number of nitrogens with one attached hydrogen (secondary N) is 1. The maximum absolute atomic E-state index is 12.7. The summed E-state index contributed by atoms with van der Waals surface area (Å²) >= 11 is 1.04. The fourth-order valence-corrected chi connectivity index (χ4v) is 5.34. The minimum Gasteiger partial charge on any atom is -0.341 e. The van der Waals surface area contributed by atoms with Gasteiger partial charge in [0.25, 0.3) is 5.24 Å². The van der Waals surface area contributed by atoms with Crippen molar-refractivity contribution in [1.82, 2.24) is 10.2 Å². The molecule has 1 N–H and O–H groups in total. The van der Waals surface area contributed by atoms with E-state index in [4.69, 9.17) is 0 Å². The molecule has 1 saturated heterocycles. The molecule has 0 aliphatic carbocycles. The molecule has 0 spiro atoms. The standard InChI is InChI=1S/C31H32N2O4S/c1-33(29(35)14-7-3-6-13-27(34)25-10-4-2-5-11-25)21-23-9-8-12-26(19-23)24-17-15-22(16-18-24)20-28-30(36)32-31(37)38-28/h2,4-5,8-12,15-19,28H,3,6-7,13-14,20-21H2,1H3,(H,32,36,37). The lowest BCUT2D eigenvalue weighted by molar-refractivity contribution is -0.130. The van der Waals surface area contributed by atoms with Gasteiger partial charge < -0.3 is 4.90 Å². The van der Waals surface area contributed by atoms with Gasteiger partial charge in [0, 0.05) is 32.0 Å². The van der Waals surface area contributed by atoms with Crippen molar-refractivity contribution in [2.45, 2.75) is 50.3 Å². The fraction of sp³-hybridized carbons (Fsp3) is 0.290. The molecule has 1 aliphatic rings. The second-order valence-corrected chi connectivity index (χ2v) is 10.8. The molecular weight excluding hydrogens is 496 g/mol. The molecule has 0 bridgehead atoms. The normalized spacial score (nSPS) is 14.8. The van der Waals surface area contributed by atoms with Crippen LogP contribution in [0.2, 0.25) is 0 Å². The first-order valence-corrected chi connectivity index (χ1v) is 13.8. The molecule has 1 aliphatic heterocycles. The highest BCUT2D eigenvalue weighted by Gasteiger charge is 2.31. The number of rotatable bonds is 12. The Bertz CT molecular complexity index is 1290. The number of benzene rings is 3. The molecule has 3 amide bonds. The van der Waals surface area contributed by atoms with Gasteiger partial charge in [0.2, 0.25) is 11.8 Å². The van der Waals surface area contributed by atoms with Crippen LogP contribution in [0.3, 0.4) is 0 Å². The zero-order valence-electron chi connectivity index (χ0n) is 21.5. The predicted molar refractivity (Wildman–Crippen MR) is 151 cm³/mol. The van der Waals surface area contributed by atoms with E-state index >= 15 is 0 Å². The van der Waals surface area contributed by atoms with Crippen LogP contribution in [0.25, 0.3) is 11.1 Å². The first kappa shape index (κ1) is 27.3. The molecule has 1 atom stereocenters. The number of carbonyl (C=O) groups is 4. The van der Waals surface area contributed by atoms with Crippen LogP contribution in [0.5, 0.6) is 0 Å². The summed E-state index contributed by atoms with van der Waals surface area (Å²) < 4.78 is 0. The van der Waals surface area contributed by atoms with Crippen molar-refractivity contribution in [3.8, 4) is 11.1 Å². The lowest BCUT2D eigenvalue weighted by Gasteiger charge is -2.18. The van der Waals surface area contributed by atoms with Crippen LogP contribution >= 0.6 is 11.8 Å². The van der Waals surface area contributed by atoms with Gasteiger partial charge in [0.05, 0.1) is 5.25 Å². The van der Waals surface area contributed by atoms with Gasteiger partial charge in [0.1, 0.15) is 0 Å². The molecule has 4 rings (SSSR count). The summed E-state index contributed by atoms with van der Waals surface area (Å²) in [6.07, 6.45) is 3.91. The first-order chi connectivity index (χ1) is 18.4. The van der Waals surface area contributed by atoms with Crippen LogP contribution in [-0.4, -0.2) is 40.0 Å². The van der Waals surface area contributed by atoms with Crippen molar-refractivity contribution in [1.29, 1.82) is 0 Å². The number of hydrogen-bond donors (Lipinski definition) is 1. The summed E-state index contributed by atoms with van der Waals surface area (Å²) in [7, 11) is 1.82. The highest BCUT2D eigenvalue weighted by atomic mass is 32.2. The van der Waals surface area contributed by atoms with Gasteiger partial charge in [-0.2, -0.15) is 0 Å². The molecule has 196 valence electrons. The van der Waals surface area contributed by atoms with Crippen molar-refractivity contribution in [2.75, 3.05) is 7.05 Å². The summed E-state index contributed by atoms with van der Waals surface area (Å²) in [5.74, 6) is 0.0234. The molecule has 1 unspecified atom stereocenters. The van der Waals surface area contributed by atoms with E-state index in [1.54, 1.807) is 4.90 Å². The largest absolute Gasteiger partial charge is 0.341 e. The summed E-state index contributed by atoms with van der Waals surface area (Å²) in [6.45, 7) is 0.527. The van der Waals surface area contributed by atoms with Crippen molar-refractivity contribution in [3.63, 3.8) is 0 Å². The van der Waals surface area contributed by atoms with E-state index in [1.165, 1.54) is 0 Å². The smallest absolute Gasteiger partial charge is 0.286 e. The molecule has 3 aromatic carbocycles. The minimum atomic E-state index is -0.374. The fourth-order valence-electron chi connectivity index (χ4n) is 4.48. The molecule has 38 heavy (non-hydrogen) atoms. The first-order valence-electron chi connectivity index (χ1n) is 12.9. The van der Waals surface area contributed by atoms with Gasteiger partial charge >= 0.3 is 0 Å². The van der Waals surface area contributed by atoms with E-state index in [2.05, 4.69) is 11.4 Å². The summed E-state index contributed by atoms with van der Waals surface area (Å²) in [5.41, 5.74) is 4.90. The monoisotopic (exact) mass is 528 g/mol. The number of imide groups is 1. The number of unbranched alkanes of at least 4 members (excludes halogenated alkanes) is 2. The molecular formula is C31H32N2O4S. The van der Waals surface area contributed by atoms with E-state index in [0.717, 1.165) is 58.8 Å². The van der Waals surface area contributed by atoms with E-state index in [-0.39, 0.29) is 28.1 Å². The average molecular weight is 529 g/mol. The maximum Gasteiger partial charge on any atom is 0.286 e. The molecule has 6 nitrogen and oxygen atoms in total. The van der Waals surface area contributed by atoms with Gasteiger partial charge in [-0.25, -0.2) is 0 Å².